The van der Waals surface area contributed by atoms with Crippen LogP contribution in [0.3, 0.4) is 0 Å². The van der Waals surface area contributed by atoms with Gasteiger partial charge in [0.1, 0.15) is 79.3 Å². The van der Waals surface area contributed by atoms with Crippen LogP contribution in [-0.4, -0.2) is 208 Å². The van der Waals surface area contributed by atoms with Gasteiger partial charge in [-0.25, -0.2) is 0 Å². The quantitative estimate of drug-likeness (QED) is 0.0890. The number of hydrogen-bond donors (Lipinski definition) is 13. The Bertz CT molecular complexity index is 1050. The van der Waals surface area contributed by atoms with E-state index in [0.29, 0.717) is 0 Å². The molecule has 0 aromatic heterocycles. The van der Waals surface area contributed by atoms with Gasteiger partial charge < -0.3 is 106 Å². The lowest BCUT2D eigenvalue weighted by Crippen LogP contribution is -2.71. The van der Waals surface area contributed by atoms with E-state index in [1.807, 2.05) is 0 Å². The van der Waals surface area contributed by atoms with Gasteiger partial charge in [-0.1, -0.05) is 0 Å². The van der Waals surface area contributed by atoms with Gasteiger partial charge in [0.15, 0.2) is 25.2 Å². The Morgan fingerprint density at radius 2 is 0.959 bits per heavy atom. The van der Waals surface area contributed by atoms with Gasteiger partial charge in [0.2, 0.25) is 5.91 Å². The Hall–Kier alpha value is -1.33. The molecule has 0 aliphatic carbocycles. The van der Waals surface area contributed by atoms with Crippen molar-refractivity contribution in [1.82, 2.24) is 5.32 Å². The van der Waals surface area contributed by atoms with Crippen molar-refractivity contribution in [1.29, 1.82) is 0 Å². The van der Waals surface area contributed by atoms with E-state index in [4.69, 9.17) is 55.1 Å². The number of ether oxygens (including phenoxy) is 8. The molecule has 49 heavy (non-hydrogen) atoms. The topological polar surface area (TPSA) is 363 Å². The van der Waals surface area contributed by atoms with Gasteiger partial charge in [-0.05, 0) is 0 Å². The average molecular weight is 719 g/mol. The fourth-order valence-electron chi connectivity index (χ4n) is 6.35. The molecule has 0 aromatic rings. The molecule has 20 atom stereocenters. The van der Waals surface area contributed by atoms with Gasteiger partial charge in [0.25, 0.3) is 0 Å². The van der Waals surface area contributed by atoms with Crippen LogP contribution in [0.5, 0.6) is 0 Å². The normalized spacial score (nSPS) is 49.4. The molecule has 16 N–H and O–H groups in total. The Kier molecular flexibility index (Phi) is 14.4. The van der Waals surface area contributed by atoms with Crippen LogP contribution in [0.25, 0.3) is 0 Å². The highest BCUT2D eigenvalue weighted by atomic mass is 16.8. The number of hydrogen-bond acceptors (Lipinski definition) is 21. The van der Waals surface area contributed by atoms with E-state index >= 15 is 0 Å². The second-order valence-corrected chi connectivity index (χ2v) is 12.3. The van der Waals surface area contributed by atoms with Crippen LogP contribution < -0.4 is 22.5 Å². The molecule has 0 radical (unpaired) electrons. The van der Waals surface area contributed by atoms with Crippen molar-refractivity contribution in [2.24, 2.45) is 17.2 Å². The molecular weight excluding hydrogens is 668 g/mol. The molecule has 4 saturated heterocycles. The number of nitrogens with two attached hydrogens (primary N) is 3. The SMILES string of the molecule is COC1C(CO)OC(OC2C(CO)OC(OC3C(CO)OC(OC4C(CO)OC(O)C(N)C4O)C(N)C3O)C(NC(C)=O)C2O)C(N)C1O. The van der Waals surface area contributed by atoms with Gasteiger partial charge >= 0.3 is 0 Å². The number of carbonyl (C=O) groups is 1. The summed E-state index contributed by atoms with van der Waals surface area (Å²) >= 11 is 0. The number of aliphatic hydroxyl groups excluding tert-OH is 9. The summed E-state index contributed by atoms with van der Waals surface area (Å²) in [5.74, 6) is -0.661. The highest BCUT2D eigenvalue weighted by molar-refractivity contribution is 5.73. The third kappa shape index (κ3) is 8.50. The smallest absolute Gasteiger partial charge is 0.217 e. The van der Waals surface area contributed by atoms with Crippen LogP contribution in [0.1, 0.15) is 6.92 Å². The van der Waals surface area contributed by atoms with E-state index in [9.17, 15) is 50.8 Å². The summed E-state index contributed by atoms with van der Waals surface area (Å²) in [7, 11) is 1.28. The van der Waals surface area contributed by atoms with Crippen molar-refractivity contribution in [3.05, 3.63) is 0 Å². The average Bonchev–Trinajstić information content (AvgIpc) is 3.08. The molecule has 286 valence electrons. The first-order valence-electron chi connectivity index (χ1n) is 15.7. The van der Waals surface area contributed by atoms with Crippen LogP contribution in [0, 0.1) is 0 Å². The summed E-state index contributed by atoms with van der Waals surface area (Å²) in [5.41, 5.74) is 18.1. The zero-order valence-electron chi connectivity index (χ0n) is 26.8. The molecular formula is C27H50N4O18. The van der Waals surface area contributed by atoms with Gasteiger partial charge in [-0.2, -0.15) is 0 Å². The second kappa shape index (κ2) is 17.5. The predicted octanol–water partition coefficient (Wildman–Crippen LogP) is -9.05. The van der Waals surface area contributed by atoms with Crippen molar-refractivity contribution in [3.8, 4) is 0 Å². The van der Waals surface area contributed by atoms with Crippen molar-refractivity contribution >= 4 is 5.91 Å². The van der Waals surface area contributed by atoms with E-state index < -0.39 is 155 Å². The van der Waals surface area contributed by atoms with Crippen LogP contribution >= 0.6 is 0 Å². The number of nitrogens with one attached hydrogen (secondary N) is 1. The van der Waals surface area contributed by atoms with Crippen molar-refractivity contribution in [3.63, 3.8) is 0 Å². The maximum atomic E-state index is 12.2. The summed E-state index contributed by atoms with van der Waals surface area (Å²) in [6.07, 6.45) is -23.2. The minimum Gasteiger partial charge on any atom is -0.394 e. The Labute approximate surface area is 280 Å². The minimum atomic E-state index is -1.72. The van der Waals surface area contributed by atoms with Gasteiger partial charge in [-0.3, -0.25) is 4.79 Å². The third-order valence-corrected chi connectivity index (χ3v) is 9.09. The van der Waals surface area contributed by atoms with E-state index in [1.165, 1.54) is 7.11 Å². The van der Waals surface area contributed by atoms with E-state index in [-0.39, 0.29) is 0 Å². The Balaban J connectivity index is 1.51. The number of rotatable bonds is 12. The fourth-order valence-corrected chi connectivity index (χ4v) is 6.35. The fraction of sp³-hybridized carbons (Fsp3) is 0.963. The molecule has 0 spiro atoms. The first-order chi connectivity index (χ1) is 23.2. The standard InChI is InChI=1S/C27H50N4O18/c1-7(36)31-15-19(40)23(48-25-13(29)17(38)20(42-2)8(3-32)44-25)11(6-35)46-27(15)49-22-10(5-34)45-26(14(30)18(22)39)47-21-9(4-33)43-24(41)12(28)16(21)37/h8-27,32-35,37-41H,3-6,28-30H2,1-2H3,(H,31,36). The Morgan fingerprint density at radius 1 is 0.592 bits per heavy atom. The lowest BCUT2D eigenvalue weighted by molar-refractivity contribution is -0.360. The summed E-state index contributed by atoms with van der Waals surface area (Å²) in [4.78, 5) is 12.2. The monoisotopic (exact) mass is 718 g/mol. The minimum absolute atomic E-state index is 0.584. The molecule has 4 fully saturated rings. The molecule has 22 heteroatoms. The van der Waals surface area contributed by atoms with Crippen molar-refractivity contribution in [2.45, 2.75) is 129 Å². The summed E-state index contributed by atoms with van der Waals surface area (Å²) in [6, 6.07) is -5.50. The summed E-state index contributed by atoms with van der Waals surface area (Å²) in [5, 5.41) is 96.1. The molecule has 4 rings (SSSR count). The molecule has 22 nitrogen and oxygen atoms in total. The van der Waals surface area contributed by atoms with Crippen LogP contribution in [0.2, 0.25) is 0 Å². The maximum Gasteiger partial charge on any atom is 0.217 e. The molecule has 0 aromatic carbocycles. The zero-order valence-corrected chi connectivity index (χ0v) is 26.8. The van der Waals surface area contributed by atoms with Gasteiger partial charge in [0, 0.05) is 14.0 Å². The number of methoxy groups -OCH3 is 1. The second-order valence-electron chi connectivity index (χ2n) is 12.3. The van der Waals surface area contributed by atoms with Crippen LogP contribution in [0.4, 0.5) is 0 Å². The number of carbonyl (C=O) groups excluding carboxylic acids is 1. The highest BCUT2D eigenvalue weighted by Gasteiger charge is 2.55. The first-order valence-corrected chi connectivity index (χ1v) is 15.7. The third-order valence-electron chi connectivity index (χ3n) is 9.09. The van der Waals surface area contributed by atoms with E-state index in [1.54, 1.807) is 0 Å². The van der Waals surface area contributed by atoms with Gasteiger partial charge in [-0.15, -0.1) is 0 Å². The molecule has 4 aliphatic heterocycles. The van der Waals surface area contributed by atoms with E-state index in [0.717, 1.165) is 6.92 Å². The van der Waals surface area contributed by atoms with Crippen LogP contribution in [0.15, 0.2) is 0 Å². The summed E-state index contributed by atoms with van der Waals surface area (Å²) < 4.78 is 45.2. The highest BCUT2D eigenvalue weighted by Crippen LogP contribution is 2.33. The predicted molar refractivity (Wildman–Crippen MR) is 156 cm³/mol. The van der Waals surface area contributed by atoms with E-state index in [2.05, 4.69) is 5.32 Å². The molecule has 4 aliphatic rings. The lowest BCUT2D eigenvalue weighted by atomic mass is 9.93. The number of aliphatic hydroxyl groups is 9. The Morgan fingerprint density at radius 3 is 1.41 bits per heavy atom. The lowest BCUT2D eigenvalue weighted by Gasteiger charge is -2.50. The number of amides is 1. The largest absolute Gasteiger partial charge is 0.394 e. The molecule has 4 heterocycles. The van der Waals surface area contributed by atoms with Crippen LogP contribution in [-0.2, 0) is 42.7 Å². The molecule has 20 unspecified atom stereocenters. The summed E-state index contributed by atoms with van der Waals surface area (Å²) in [6.45, 7) is -1.75. The van der Waals surface area contributed by atoms with Crippen molar-refractivity contribution < 1.29 is 88.6 Å². The van der Waals surface area contributed by atoms with Crippen molar-refractivity contribution in [2.75, 3.05) is 33.5 Å². The molecule has 0 bridgehead atoms. The first kappa shape index (κ1) is 40.4. The maximum absolute atomic E-state index is 12.2. The molecule has 0 saturated carbocycles. The zero-order chi connectivity index (χ0) is 36.3. The molecule has 1 amide bonds. The van der Waals surface area contributed by atoms with Gasteiger partial charge in [0.05, 0.1) is 44.6 Å².